The third kappa shape index (κ3) is 5.55. The summed E-state index contributed by atoms with van der Waals surface area (Å²) in [5.74, 6) is 1.57. The normalized spacial score (nSPS) is 27.9. The maximum atomic E-state index is 9.01. The molecule has 3 unspecified atom stereocenters. The number of aliphatic hydroxyl groups is 1. The van der Waals surface area contributed by atoms with Crippen LogP contribution in [-0.4, -0.2) is 35.3 Å². The summed E-state index contributed by atoms with van der Waals surface area (Å²) in [6.07, 6.45) is 6.64. The van der Waals surface area contributed by atoms with Gasteiger partial charge in [0.1, 0.15) is 0 Å². The van der Waals surface area contributed by atoms with Gasteiger partial charge in [0.15, 0.2) is 0 Å². The van der Waals surface area contributed by atoms with Gasteiger partial charge in [-0.25, -0.2) is 0 Å². The van der Waals surface area contributed by atoms with Gasteiger partial charge in [0.25, 0.3) is 0 Å². The van der Waals surface area contributed by atoms with E-state index in [-0.39, 0.29) is 0 Å². The summed E-state index contributed by atoms with van der Waals surface area (Å²) in [5, 5.41) is 13.5. The molecule has 0 aromatic heterocycles. The zero-order chi connectivity index (χ0) is 11.8. The topological polar surface area (TPSA) is 32.3 Å². The molecule has 1 rings (SSSR count). The van der Waals surface area contributed by atoms with Crippen molar-refractivity contribution in [1.82, 2.24) is 5.32 Å². The molecule has 0 bridgehead atoms. The molecule has 3 heteroatoms. The zero-order valence-corrected chi connectivity index (χ0v) is 11.6. The van der Waals surface area contributed by atoms with E-state index in [0.29, 0.717) is 12.5 Å². The van der Waals surface area contributed by atoms with Crippen molar-refractivity contribution in [2.24, 2.45) is 5.92 Å². The van der Waals surface area contributed by atoms with E-state index in [9.17, 15) is 0 Å². The Hall–Kier alpha value is 0.270. The average molecular weight is 245 g/mol. The molecule has 3 atom stereocenters. The van der Waals surface area contributed by atoms with Gasteiger partial charge in [0, 0.05) is 17.9 Å². The van der Waals surface area contributed by atoms with Gasteiger partial charge in [-0.2, -0.15) is 11.8 Å². The fourth-order valence-corrected chi connectivity index (χ4v) is 3.59. The molecule has 2 nitrogen and oxygen atoms in total. The van der Waals surface area contributed by atoms with Crippen LogP contribution in [0.3, 0.4) is 0 Å². The minimum atomic E-state index is 0.331. The van der Waals surface area contributed by atoms with Gasteiger partial charge in [-0.1, -0.05) is 20.3 Å². The molecular weight excluding hydrogens is 218 g/mol. The molecule has 96 valence electrons. The molecule has 16 heavy (non-hydrogen) atoms. The second-order valence-electron chi connectivity index (χ2n) is 5.06. The minimum absolute atomic E-state index is 0.331. The predicted molar refractivity (Wildman–Crippen MR) is 73.0 cm³/mol. The first-order valence-electron chi connectivity index (χ1n) is 6.72. The zero-order valence-electron chi connectivity index (χ0n) is 10.7. The van der Waals surface area contributed by atoms with Crippen LogP contribution in [0.25, 0.3) is 0 Å². The van der Waals surface area contributed by atoms with E-state index >= 15 is 0 Å². The van der Waals surface area contributed by atoms with Crippen LogP contribution in [0.4, 0.5) is 0 Å². The molecule has 0 spiro atoms. The monoisotopic (exact) mass is 245 g/mol. The Morgan fingerprint density at radius 2 is 2.25 bits per heavy atom. The summed E-state index contributed by atoms with van der Waals surface area (Å²) in [6.45, 7) is 5.85. The third-order valence-corrected chi connectivity index (χ3v) is 4.90. The molecule has 0 amide bonds. The van der Waals surface area contributed by atoms with Crippen molar-refractivity contribution in [3.63, 3.8) is 0 Å². The van der Waals surface area contributed by atoms with Crippen molar-refractivity contribution < 1.29 is 5.11 Å². The number of nitrogens with one attached hydrogen (secondary N) is 1. The van der Waals surface area contributed by atoms with Gasteiger partial charge in [-0.3, -0.25) is 0 Å². The summed E-state index contributed by atoms with van der Waals surface area (Å²) in [7, 11) is 0. The van der Waals surface area contributed by atoms with Crippen LogP contribution in [0.15, 0.2) is 0 Å². The maximum absolute atomic E-state index is 9.01. The van der Waals surface area contributed by atoms with Crippen molar-refractivity contribution in [1.29, 1.82) is 0 Å². The predicted octanol–water partition coefficient (Wildman–Crippen LogP) is 2.66. The first kappa shape index (κ1) is 14.3. The van der Waals surface area contributed by atoms with E-state index in [1.54, 1.807) is 0 Å². The quantitative estimate of drug-likeness (QED) is 0.723. The van der Waals surface area contributed by atoms with E-state index < -0.39 is 0 Å². The van der Waals surface area contributed by atoms with Crippen LogP contribution < -0.4 is 5.32 Å². The number of hydrogen-bond donors (Lipinski definition) is 2. The van der Waals surface area contributed by atoms with E-state index in [0.717, 1.165) is 23.6 Å². The highest BCUT2D eigenvalue weighted by Crippen LogP contribution is 2.29. The van der Waals surface area contributed by atoms with Crippen LogP contribution in [0.5, 0.6) is 0 Å². The highest BCUT2D eigenvalue weighted by Gasteiger charge is 2.21. The van der Waals surface area contributed by atoms with Crippen LogP contribution >= 0.6 is 11.8 Å². The minimum Gasteiger partial charge on any atom is -0.396 e. The van der Waals surface area contributed by atoms with Crippen LogP contribution in [0, 0.1) is 5.92 Å². The average Bonchev–Trinajstić information content (AvgIpc) is 2.34. The molecule has 0 heterocycles. The van der Waals surface area contributed by atoms with Gasteiger partial charge >= 0.3 is 0 Å². The molecule has 0 radical (unpaired) electrons. The Morgan fingerprint density at radius 1 is 1.44 bits per heavy atom. The molecule has 1 aliphatic carbocycles. The summed E-state index contributed by atoms with van der Waals surface area (Å²) in [4.78, 5) is 0. The number of hydrogen-bond acceptors (Lipinski definition) is 3. The third-order valence-electron chi connectivity index (χ3n) is 3.24. The molecule has 0 saturated heterocycles. The SMILES string of the molecule is CCCNC1CCCC(SCC(C)CO)C1. The van der Waals surface area contributed by atoms with E-state index in [1.807, 2.05) is 0 Å². The summed E-state index contributed by atoms with van der Waals surface area (Å²) >= 11 is 2.07. The molecule has 1 fully saturated rings. The Morgan fingerprint density at radius 3 is 2.94 bits per heavy atom. The molecule has 1 aliphatic rings. The number of rotatable bonds is 7. The highest BCUT2D eigenvalue weighted by molar-refractivity contribution is 7.99. The van der Waals surface area contributed by atoms with Crippen molar-refractivity contribution >= 4 is 11.8 Å². The molecular formula is C13H27NOS. The second-order valence-corrected chi connectivity index (χ2v) is 6.39. The molecule has 2 N–H and O–H groups in total. The Kier molecular flexibility index (Phi) is 7.50. The lowest BCUT2D eigenvalue weighted by molar-refractivity contribution is 0.250. The summed E-state index contributed by atoms with van der Waals surface area (Å²) in [6, 6.07) is 0.746. The molecule has 0 aliphatic heterocycles. The fourth-order valence-electron chi connectivity index (χ4n) is 2.18. The first-order chi connectivity index (χ1) is 7.76. The first-order valence-corrected chi connectivity index (χ1v) is 7.77. The Bertz CT molecular complexity index is 177. The molecule has 0 aromatic rings. The van der Waals surface area contributed by atoms with Crippen molar-refractivity contribution in [2.45, 2.75) is 57.2 Å². The van der Waals surface area contributed by atoms with Crippen LogP contribution in [0.2, 0.25) is 0 Å². The van der Waals surface area contributed by atoms with Crippen LogP contribution in [-0.2, 0) is 0 Å². The van der Waals surface area contributed by atoms with Crippen molar-refractivity contribution in [2.75, 3.05) is 18.9 Å². The Labute approximate surface area is 105 Å². The van der Waals surface area contributed by atoms with Crippen molar-refractivity contribution in [3.05, 3.63) is 0 Å². The number of thioether (sulfide) groups is 1. The lowest BCUT2D eigenvalue weighted by Gasteiger charge is -2.30. The van der Waals surface area contributed by atoms with E-state index in [4.69, 9.17) is 5.11 Å². The van der Waals surface area contributed by atoms with E-state index in [2.05, 4.69) is 30.9 Å². The lowest BCUT2D eigenvalue weighted by atomic mass is 9.95. The smallest absolute Gasteiger partial charge is 0.0464 e. The van der Waals surface area contributed by atoms with E-state index in [1.165, 1.54) is 32.1 Å². The Balaban J connectivity index is 2.17. The molecule has 0 aromatic carbocycles. The largest absolute Gasteiger partial charge is 0.396 e. The second kappa shape index (κ2) is 8.37. The van der Waals surface area contributed by atoms with Crippen molar-refractivity contribution in [3.8, 4) is 0 Å². The number of aliphatic hydroxyl groups excluding tert-OH is 1. The highest BCUT2D eigenvalue weighted by atomic mass is 32.2. The van der Waals surface area contributed by atoms with Crippen LogP contribution in [0.1, 0.15) is 46.0 Å². The standard InChI is InChI=1S/C13H27NOS/c1-3-7-14-12-5-4-6-13(8-12)16-10-11(2)9-15/h11-15H,3-10H2,1-2H3. The lowest BCUT2D eigenvalue weighted by Crippen LogP contribution is -2.35. The van der Waals surface area contributed by atoms with Gasteiger partial charge in [0.2, 0.25) is 0 Å². The summed E-state index contributed by atoms with van der Waals surface area (Å²) in [5.41, 5.74) is 0. The van der Waals surface area contributed by atoms with Gasteiger partial charge in [0.05, 0.1) is 0 Å². The fraction of sp³-hybridized carbons (Fsp3) is 1.00. The van der Waals surface area contributed by atoms with Gasteiger partial charge < -0.3 is 10.4 Å². The van der Waals surface area contributed by atoms with Gasteiger partial charge in [-0.05, 0) is 43.9 Å². The molecule has 1 saturated carbocycles. The van der Waals surface area contributed by atoms with Gasteiger partial charge in [-0.15, -0.1) is 0 Å². The maximum Gasteiger partial charge on any atom is 0.0464 e. The summed E-state index contributed by atoms with van der Waals surface area (Å²) < 4.78 is 0.